The van der Waals surface area contributed by atoms with E-state index in [-0.39, 0.29) is 11.3 Å². The summed E-state index contributed by atoms with van der Waals surface area (Å²) in [7, 11) is 6.77. The number of amides is 1. The SMILES string of the molecule is COc1cccc(C2/C(=C(\O)c3ccc(Cl)cc3)C(=O)C(=O)N2CCN(C)C)c1OC. The van der Waals surface area contributed by atoms with Gasteiger partial charge in [0.25, 0.3) is 11.7 Å². The van der Waals surface area contributed by atoms with Gasteiger partial charge in [-0.3, -0.25) is 9.59 Å². The summed E-state index contributed by atoms with van der Waals surface area (Å²) < 4.78 is 11.0. The van der Waals surface area contributed by atoms with Gasteiger partial charge in [-0.25, -0.2) is 0 Å². The highest BCUT2D eigenvalue weighted by atomic mass is 35.5. The molecular formula is C23H25ClN2O5. The third kappa shape index (κ3) is 4.38. The number of halogens is 1. The fraction of sp³-hybridized carbons (Fsp3) is 0.304. The highest BCUT2D eigenvalue weighted by Gasteiger charge is 2.47. The number of likely N-dealkylation sites (N-methyl/N-ethyl adjacent to an activating group) is 1. The second-order valence-corrected chi connectivity index (χ2v) is 7.82. The number of rotatable bonds is 7. The quantitative estimate of drug-likeness (QED) is 0.401. The summed E-state index contributed by atoms with van der Waals surface area (Å²) in [6.07, 6.45) is 0. The summed E-state index contributed by atoms with van der Waals surface area (Å²) >= 11 is 5.96. The summed E-state index contributed by atoms with van der Waals surface area (Å²) in [5, 5.41) is 11.6. The zero-order valence-corrected chi connectivity index (χ0v) is 18.6. The minimum atomic E-state index is -0.833. The standard InChI is InChI=1S/C23H25ClN2O5/c1-25(2)12-13-26-19(16-6-5-7-17(30-3)22(16)31-4)18(21(28)23(26)29)20(27)14-8-10-15(24)11-9-14/h5-11,19,27H,12-13H2,1-4H3/b20-18+. The Morgan fingerprint density at radius 3 is 2.35 bits per heavy atom. The highest BCUT2D eigenvalue weighted by Crippen LogP contribution is 2.45. The maximum atomic E-state index is 13.1. The number of nitrogens with zero attached hydrogens (tertiary/aromatic N) is 2. The van der Waals surface area contributed by atoms with Gasteiger partial charge in [-0.2, -0.15) is 0 Å². The topological polar surface area (TPSA) is 79.3 Å². The number of ether oxygens (including phenoxy) is 2. The van der Waals surface area contributed by atoms with E-state index in [1.165, 1.54) is 19.1 Å². The van der Waals surface area contributed by atoms with Crippen LogP contribution in [0.1, 0.15) is 17.2 Å². The van der Waals surface area contributed by atoms with Gasteiger partial charge in [0.1, 0.15) is 5.76 Å². The van der Waals surface area contributed by atoms with E-state index in [9.17, 15) is 14.7 Å². The summed E-state index contributed by atoms with van der Waals surface area (Å²) in [4.78, 5) is 29.4. The van der Waals surface area contributed by atoms with Crippen molar-refractivity contribution in [3.63, 3.8) is 0 Å². The largest absolute Gasteiger partial charge is 0.507 e. The van der Waals surface area contributed by atoms with Gasteiger partial charge in [0.2, 0.25) is 0 Å². The van der Waals surface area contributed by atoms with Gasteiger partial charge in [0.15, 0.2) is 11.5 Å². The molecular weight excluding hydrogens is 420 g/mol. The molecule has 2 aromatic carbocycles. The van der Waals surface area contributed by atoms with E-state index >= 15 is 0 Å². The second kappa shape index (κ2) is 9.41. The molecule has 1 unspecified atom stereocenters. The van der Waals surface area contributed by atoms with E-state index < -0.39 is 17.7 Å². The lowest BCUT2D eigenvalue weighted by molar-refractivity contribution is -0.140. The number of likely N-dealkylation sites (tertiary alicyclic amines) is 1. The van der Waals surface area contributed by atoms with E-state index in [2.05, 4.69) is 0 Å². The third-order valence-electron chi connectivity index (χ3n) is 5.17. The van der Waals surface area contributed by atoms with Crippen molar-refractivity contribution in [1.82, 2.24) is 9.80 Å². The van der Waals surface area contributed by atoms with Crippen LogP contribution in [0.2, 0.25) is 5.02 Å². The van der Waals surface area contributed by atoms with Crippen molar-refractivity contribution in [3.8, 4) is 11.5 Å². The van der Waals surface area contributed by atoms with Crippen molar-refractivity contribution < 1.29 is 24.2 Å². The molecule has 1 aliphatic heterocycles. The first-order chi connectivity index (χ1) is 14.8. The monoisotopic (exact) mass is 444 g/mol. The Labute approximate surface area is 186 Å². The first-order valence-corrected chi connectivity index (χ1v) is 10.1. The molecule has 1 N–H and O–H groups in total. The molecule has 0 aliphatic carbocycles. The number of para-hydroxylation sites is 1. The molecule has 1 atom stereocenters. The van der Waals surface area contributed by atoms with Crippen LogP contribution < -0.4 is 9.47 Å². The van der Waals surface area contributed by atoms with Crippen LogP contribution in [-0.2, 0) is 9.59 Å². The van der Waals surface area contributed by atoms with Crippen molar-refractivity contribution >= 4 is 29.1 Å². The highest BCUT2D eigenvalue weighted by molar-refractivity contribution is 6.46. The predicted molar refractivity (Wildman–Crippen MR) is 119 cm³/mol. The molecule has 2 aromatic rings. The molecule has 1 fully saturated rings. The average Bonchev–Trinajstić information content (AvgIpc) is 3.01. The van der Waals surface area contributed by atoms with E-state index in [1.54, 1.807) is 42.5 Å². The number of aliphatic hydroxyl groups is 1. The molecule has 1 saturated heterocycles. The van der Waals surface area contributed by atoms with Crippen LogP contribution in [0.3, 0.4) is 0 Å². The molecule has 7 nitrogen and oxygen atoms in total. The number of Topliss-reactive ketones (excluding diaryl/α,β-unsaturated/α-hetero) is 1. The molecule has 0 aromatic heterocycles. The molecule has 8 heteroatoms. The van der Waals surface area contributed by atoms with Gasteiger partial charge in [-0.05, 0) is 44.4 Å². The van der Waals surface area contributed by atoms with E-state index in [0.29, 0.717) is 40.7 Å². The van der Waals surface area contributed by atoms with Crippen molar-refractivity contribution in [2.24, 2.45) is 0 Å². The summed E-state index contributed by atoms with van der Waals surface area (Å²) in [5.41, 5.74) is 0.940. The number of ketones is 1. The Morgan fingerprint density at radius 2 is 1.77 bits per heavy atom. The molecule has 0 bridgehead atoms. The van der Waals surface area contributed by atoms with Gasteiger partial charge in [-0.1, -0.05) is 23.7 Å². The normalized spacial score (nSPS) is 18.0. The number of carbonyl (C=O) groups is 2. The van der Waals surface area contributed by atoms with Crippen molar-refractivity contribution in [1.29, 1.82) is 0 Å². The molecule has 164 valence electrons. The minimum Gasteiger partial charge on any atom is -0.507 e. The van der Waals surface area contributed by atoms with E-state index in [0.717, 1.165) is 0 Å². The zero-order chi connectivity index (χ0) is 22.7. The Morgan fingerprint density at radius 1 is 1.10 bits per heavy atom. The number of methoxy groups -OCH3 is 2. The van der Waals surface area contributed by atoms with Crippen LogP contribution in [0.25, 0.3) is 5.76 Å². The maximum Gasteiger partial charge on any atom is 0.295 e. The van der Waals surface area contributed by atoms with Gasteiger partial charge >= 0.3 is 0 Å². The van der Waals surface area contributed by atoms with Crippen LogP contribution in [0.4, 0.5) is 0 Å². The minimum absolute atomic E-state index is 0.00219. The van der Waals surface area contributed by atoms with Gasteiger partial charge in [0.05, 0.1) is 25.8 Å². The van der Waals surface area contributed by atoms with Crippen LogP contribution >= 0.6 is 11.6 Å². The third-order valence-corrected chi connectivity index (χ3v) is 5.43. The summed E-state index contributed by atoms with van der Waals surface area (Å²) in [6.45, 7) is 0.830. The summed E-state index contributed by atoms with van der Waals surface area (Å²) in [5.74, 6) is -0.830. The Kier molecular flexibility index (Phi) is 6.87. The second-order valence-electron chi connectivity index (χ2n) is 7.39. The molecule has 0 spiro atoms. The first kappa shape index (κ1) is 22.7. The van der Waals surface area contributed by atoms with E-state index in [1.807, 2.05) is 19.0 Å². The number of hydrogen-bond acceptors (Lipinski definition) is 6. The maximum absolute atomic E-state index is 13.1. The fourth-order valence-electron chi connectivity index (χ4n) is 3.63. The van der Waals surface area contributed by atoms with Crippen LogP contribution in [-0.4, -0.2) is 68.0 Å². The summed E-state index contributed by atoms with van der Waals surface area (Å²) in [6, 6.07) is 10.8. The van der Waals surface area contributed by atoms with E-state index in [4.69, 9.17) is 21.1 Å². The molecule has 3 rings (SSSR count). The number of benzene rings is 2. The van der Waals surface area contributed by atoms with Crippen LogP contribution in [0.5, 0.6) is 11.5 Å². The van der Waals surface area contributed by atoms with Crippen molar-refractivity contribution in [2.75, 3.05) is 41.4 Å². The van der Waals surface area contributed by atoms with Gasteiger partial charge in [0, 0.05) is 29.2 Å². The number of hydrogen-bond donors (Lipinski definition) is 1. The molecule has 1 heterocycles. The van der Waals surface area contributed by atoms with Crippen LogP contribution in [0, 0.1) is 0 Å². The Bertz CT molecular complexity index is 1020. The molecule has 0 saturated carbocycles. The zero-order valence-electron chi connectivity index (χ0n) is 17.9. The molecule has 1 amide bonds. The van der Waals surface area contributed by atoms with Crippen molar-refractivity contribution in [2.45, 2.75) is 6.04 Å². The number of aliphatic hydroxyl groups excluding tert-OH is 1. The van der Waals surface area contributed by atoms with Crippen LogP contribution in [0.15, 0.2) is 48.0 Å². The van der Waals surface area contributed by atoms with Crippen molar-refractivity contribution in [3.05, 3.63) is 64.2 Å². The predicted octanol–water partition coefficient (Wildman–Crippen LogP) is 3.34. The molecule has 0 radical (unpaired) electrons. The number of carbonyl (C=O) groups excluding carboxylic acids is 2. The van der Waals surface area contributed by atoms with Gasteiger partial charge in [-0.15, -0.1) is 0 Å². The average molecular weight is 445 g/mol. The first-order valence-electron chi connectivity index (χ1n) is 9.70. The molecule has 31 heavy (non-hydrogen) atoms. The fourth-order valence-corrected chi connectivity index (χ4v) is 3.76. The lowest BCUT2D eigenvalue weighted by Gasteiger charge is -2.28. The molecule has 1 aliphatic rings. The van der Waals surface area contributed by atoms with Gasteiger partial charge < -0.3 is 24.4 Å². The Balaban J connectivity index is 2.23. The smallest absolute Gasteiger partial charge is 0.295 e. The Hall–Kier alpha value is -3.03. The lowest BCUT2D eigenvalue weighted by atomic mass is 9.94. The lowest BCUT2D eigenvalue weighted by Crippen LogP contribution is -2.35.